The molecular formula is C23H32. The average Bonchev–Trinajstić information content (AvgIpc) is 3.23. The van der Waals surface area contributed by atoms with E-state index in [0.29, 0.717) is 16.2 Å². The topological polar surface area (TPSA) is 0 Å². The Morgan fingerprint density at radius 3 is 2.61 bits per heavy atom. The lowest BCUT2D eigenvalue weighted by Crippen LogP contribution is -2.49. The normalized spacial score (nSPS) is 48.9. The Labute approximate surface area is 142 Å². The first-order chi connectivity index (χ1) is 10.8. The summed E-state index contributed by atoms with van der Waals surface area (Å²) in [6, 6.07) is 7.32. The standard InChI is InChI=1S/C23H32/c1-14-6-8-17-16(12-14)7-9-19-18(17)10-11-22(5)21(3,4)15(2)20-13-23(19,20)22/h6,8,12,15,18-20H,7,9-11,13H2,1-5H3. The first kappa shape index (κ1) is 14.6. The van der Waals surface area contributed by atoms with Crippen molar-refractivity contribution in [3.8, 4) is 0 Å². The van der Waals surface area contributed by atoms with Gasteiger partial charge in [0.25, 0.3) is 0 Å². The molecule has 4 aliphatic carbocycles. The summed E-state index contributed by atoms with van der Waals surface area (Å²) in [6.07, 6.45) is 7.21. The zero-order valence-electron chi connectivity index (χ0n) is 15.6. The average molecular weight is 309 g/mol. The lowest BCUT2D eigenvalue weighted by atomic mass is 9.47. The predicted octanol–water partition coefficient (Wildman–Crippen LogP) is 6.12. The van der Waals surface area contributed by atoms with Gasteiger partial charge in [-0.2, -0.15) is 0 Å². The minimum Gasteiger partial charge on any atom is -0.0617 e. The molecule has 0 N–H and O–H groups in total. The van der Waals surface area contributed by atoms with Crippen molar-refractivity contribution in [1.82, 2.24) is 0 Å². The van der Waals surface area contributed by atoms with Crippen molar-refractivity contribution in [3.63, 3.8) is 0 Å². The van der Waals surface area contributed by atoms with Gasteiger partial charge in [-0.05, 0) is 90.1 Å². The fourth-order valence-electron chi connectivity index (χ4n) is 8.02. The molecule has 6 atom stereocenters. The van der Waals surface area contributed by atoms with Gasteiger partial charge in [-0.3, -0.25) is 0 Å². The minimum atomic E-state index is 0.522. The van der Waals surface area contributed by atoms with Crippen LogP contribution in [0.25, 0.3) is 0 Å². The highest BCUT2D eigenvalue weighted by atomic mass is 14.8. The Morgan fingerprint density at radius 1 is 1.04 bits per heavy atom. The van der Waals surface area contributed by atoms with Crippen LogP contribution in [0.2, 0.25) is 0 Å². The lowest BCUT2D eigenvalue weighted by molar-refractivity contribution is -0.0573. The fourth-order valence-corrected chi connectivity index (χ4v) is 8.02. The monoisotopic (exact) mass is 308 g/mol. The largest absolute Gasteiger partial charge is 0.0617 e. The molecule has 0 nitrogen and oxygen atoms in total. The van der Waals surface area contributed by atoms with Gasteiger partial charge in [-0.15, -0.1) is 0 Å². The molecule has 1 aromatic carbocycles. The second-order valence-corrected chi connectivity index (χ2v) is 10.2. The van der Waals surface area contributed by atoms with Crippen molar-refractivity contribution in [2.24, 2.45) is 34.0 Å². The van der Waals surface area contributed by atoms with E-state index in [-0.39, 0.29) is 0 Å². The second-order valence-electron chi connectivity index (χ2n) is 10.2. The van der Waals surface area contributed by atoms with E-state index < -0.39 is 0 Å². The van der Waals surface area contributed by atoms with Gasteiger partial charge in [0.1, 0.15) is 0 Å². The van der Waals surface area contributed by atoms with E-state index in [1.165, 1.54) is 37.7 Å². The summed E-state index contributed by atoms with van der Waals surface area (Å²) < 4.78 is 0. The molecule has 3 saturated carbocycles. The summed E-state index contributed by atoms with van der Waals surface area (Å²) in [5.41, 5.74) is 6.63. The summed E-state index contributed by atoms with van der Waals surface area (Å²) in [7, 11) is 0. The summed E-state index contributed by atoms with van der Waals surface area (Å²) in [5, 5.41) is 0. The van der Waals surface area contributed by atoms with Crippen LogP contribution in [0, 0.1) is 40.9 Å². The number of hydrogen-bond acceptors (Lipinski definition) is 0. The molecule has 0 saturated heterocycles. The third kappa shape index (κ3) is 1.42. The van der Waals surface area contributed by atoms with Gasteiger partial charge in [0.15, 0.2) is 0 Å². The molecular weight excluding hydrogens is 276 g/mol. The summed E-state index contributed by atoms with van der Waals surface area (Å²) in [5.74, 6) is 3.75. The summed E-state index contributed by atoms with van der Waals surface area (Å²) in [4.78, 5) is 0. The Bertz CT molecular complexity index is 683. The van der Waals surface area contributed by atoms with Gasteiger partial charge in [0, 0.05) is 0 Å². The van der Waals surface area contributed by atoms with Crippen molar-refractivity contribution in [2.45, 2.75) is 72.6 Å². The molecule has 5 rings (SSSR count). The number of fused-ring (bicyclic) bond motifs is 3. The Kier molecular flexibility index (Phi) is 2.57. The van der Waals surface area contributed by atoms with Gasteiger partial charge in [0.2, 0.25) is 0 Å². The van der Waals surface area contributed by atoms with Gasteiger partial charge in [-0.1, -0.05) is 51.5 Å². The number of aryl methyl sites for hydroxylation is 2. The Balaban J connectivity index is 1.61. The van der Waals surface area contributed by atoms with Crippen molar-refractivity contribution in [2.75, 3.05) is 0 Å². The van der Waals surface area contributed by atoms with E-state index in [2.05, 4.69) is 52.8 Å². The van der Waals surface area contributed by atoms with Crippen LogP contribution in [-0.4, -0.2) is 0 Å². The first-order valence-corrected chi connectivity index (χ1v) is 9.92. The van der Waals surface area contributed by atoms with Crippen molar-refractivity contribution >= 4 is 0 Å². The van der Waals surface area contributed by atoms with Gasteiger partial charge in [0.05, 0.1) is 0 Å². The highest BCUT2D eigenvalue weighted by Gasteiger charge is 2.80. The van der Waals surface area contributed by atoms with Crippen LogP contribution >= 0.6 is 0 Å². The molecule has 124 valence electrons. The van der Waals surface area contributed by atoms with E-state index in [9.17, 15) is 0 Å². The highest BCUT2D eigenvalue weighted by molar-refractivity contribution is 5.41. The zero-order chi connectivity index (χ0) is 16.2. The van der Waals surface area contributed by atoms with Crippen LogP contribution in [0.4, 0.5) is 0 Å². The SMILES string of the molecule is Cc1ccc2c(c1)CCC1C2CCC2(C)C(C)(C)C(C)C3CC132. The van der Waals surface area contributed by atoms with Crippen LogP contribution in [0.15, 0.2) is 18.2 Å². The fraction of sp³-hybridized carbons (Fsp3) is 0.739. The smallest absolute Gasteiger partial charge is 0.0125 e. The molecule has 1 aromatic rings. The molecule has 23 heavy (non-hydrogen) atoms. The van der Waals surface area contributed by atoms with E-state index in [0.717, 1.165) is 23.7 Å². The lowest BCUT2D eigenvalue weighted by Gasteiger charge is -2.57. The maximum absolute atomic E-state index is 2.68. The zero-order valence-corrected chi connectivity index (χ0v) is 15.6. The van der Waals surface area contributed by atoms with Gasteiger partial charge < -0.3 is 0 Å². The van der Waals surface area contributed by atoms with Crippen LogP contribution in [0.1, 0.15) is 76.0 Å². The third-order valence-electron chi connectivity index (χ3n) is 9.78. The van der Waals surface area contributed by atoms with Crippen LogP contribution in [0.3, 0.4) is 0 Å². The first-order valence-electron chi connectivity index (χ1n) is 9.92. The van der Waals surface area contributed by atoms with Crippen molar-refractivity contribution < 1.29 is 0 Å². The van der Waals surface area contributed by atoms with Crippen molar-refractivity contribution in [3.05, 3.63) is 34.9 Å². The molecule has 0 heterocycles. The summed E-state index contributed by atoms with van der Waals surface area (Å²) >= 11 is 0. The van der Waals surface area contributed by atoms with Gasteiger partial charge in [-0.25, -0.2) is 0 Å². The molecule has 0 aromatic heterocycles. The van der Waals surface area contributed by atoms with Crippen LogP contribution < -0.4 is 0 Å². The second kappa shape index (κ2) is 4.06. The molecule has 0 radical (unpaired) electrons. The predicted molar refractivity (Wildman–Crippen MR) is 96.6 cm³/mol. The molecule has 1 spiro atoms. The molecule has 3 fully saturated rings. The van der Waals surface area contributed by atoms with E-state index >= 15 is 0 Å². The van der Waals surface area contributed by atoms with Crippen LogP contribution in [-0.2, 0) is 6.42 Å². The highest BCUT2D eigenvalue weighted by Crippen LogP contribution is 2.87. The quantitative estimate of drug-likeness (QED) is 0.541. The Morgan fingerprint density at radius 2 is 1.83 bits per heavy atom. The van der Waals surface area contributed by atoms with E-state index in [1.807, 2.05) is 0 Å². The maximum Gasteiger partial charge on any atom is -0.0125 e. The Hall–Kier alpha value is -0.780. The molecule has 0 heteroatoms. The minimum absolute atomic E-state index is 0.522. The van der Waals surface area contributed by atoms with Gasteiger partial charge >= 0.3 is 0 Å². The molecule has 0 bridgehead atoms. The number of benzene rings is 1. The number of hydrogen-bond donors (Lipinski definition) is 0. The summed E-state index contributed by atoms with van der Waals surface area (Å²) in [6.45, 7) is 12.7. The molecule has 0 amide bonds. The molecule has 0 aliphatic heterocycles. The maximum atomic E-state index is 2.68. The van der Waals surface area contributed by atoms with E-state index in [4.69, 9.17) is 0 Å². The molecule has 4 aliphatic rings. The van der Waals surface area contributed by atoms with Crippen molar-refractivity contribution in [1.29, 1.82) is 0 Å². The third-order valence-corrected chi connectivity index (χ3v) is 9.78. The molecule has 6 unspecified atom stereocenters. The van der Waals surface area contributed by atoms with E-state index in [1.54, 1.807) is 11.1 Å². The van der Waals surface area contributed by atoms with Crippen LogP contribution in [0.5, 0.6) is 0 Å². The number of rotatable bonds is 0.